The largest absolute Gasteiger partial charge is 0.436 e. The zero-order chi connectivity index (χ0) is 35.6. The standard InChI is InChI=1S/C35H44ClF3N6O5/c36-28-19-22(18-27(31(28)40)35(37,38)39)20-30(32(47)42-13-8-24(9-14-42)44-12-3-5-26(44)21-46)50-34(49)43-15-10-25(11-16-43)45-17-7-23-4-1-2-6-29(23)41-33(45)48/h1-2,4,6,18-19,24-26,30,46H,3,5,7-17,20-21,40H2,(H,41,48)/t26-,30-/m1/s1. The summed E-state index contributed by atoms with van der Waals surface area (Å²) in [6, 6.07) is 9.78. The summed E-state index contributed by atoms with van der Waals surface area (Å²) >= 11 is 6.10. The van der Waals surface area contributed by atoms with E-state index < -0.39 is 35.5 Å². The number of nitrogens with two attached hydrogens (primary N) is 1. The zero-order valence-electron chi connectivity index (χ0n) is 27.8. The summed E-state index contributed by atoms with van der Waals surface area (Å²) in [5, 5.41) is 12.5. The second-order valence-electron chi connectivity index (χ2n) is 13.6. The Morgan fingerprint density at radius 3 is 2.36 bits per heavy atom. The fraction of sp³-hybridized carbons (Fsp3) is 0.571. The third-order valence-corrected chi connectivity index (χ3v) is 10.9. The van der Waals surface area contributed by atoms with Crippen LogP contribution in [0.2, 0.25) is 5.02 Å². The van der Waals surface area contributed by atoms with E-state index in [-0.39, 0.29) is 60.9 Å². The molecule has 4 aliphatic heterocycles. The number of nitrogen functional groups attached to an aromatic ring is 1. The number of hydrogen-bond acceptors (Lipinski definition) is 7. The minimum absolute atomic E-state index is 0.0623. The van der Waals surface area contributed by atoms with Crippen molar-refractivity contribution in [2.75, 3.05) is 56.9 Å². The molecule has 50 heavy (non-hydrogen) atoms. The van der Waals surface area contributed by atoms with Crippen LogP contribution in [-0.4, -0.2) is 113 Å². The average molecular weight is 721 g/mol. The number of likely N-dealkylation sites (tertiary alicyclic amines) is 3. The molecule has 3 fully saturated rings. The van der Waals surface area contributed by atoms with E-state index in [0.717, 1.165) is 36.7 Å². The molecular formula is C35H44ClF3N6O5. The molecule has 0 aromatic heterocycles. The maximum Gasteiger partial charge on any atom is 0.418 e. The number of carbonyl (C=O) groups is 3. The lowest BCUT2D eigenvalue weighted by molar-refractivity contribution is -0.142. The Morgan fingerprint density at radius 2 is 1.66 bits per heavy atom. The van der Waals surface area contributed by atoms with Crippen LogP contribution in [0.15, 0.2) is 36.4 Å². The number of para-hydroxylation sites is 1. The molecule has 0 spiro atoms. The fourth-order valence-electron chi connectivity index (χ4n) is 7.87. The lowest BCUT2D eigenvalue weighted by atomic mass is 9.99. The Balaban J connectivity index is 1.13. The number of fused-ring (bicyclic) bond motifs is 1. The van der Waals surface area contributed by atoms with Crippen molar-refractivity contribution < 1.29 is 37.4 Å². The number of amides is 4. The maximum atomic E-state index is 14.0. The predicted octanol–water partition coefficient (Wildman–Crippen LogP) is 4.99. The first-order chi connectivity index (χ1) is 23.9. The smallest absolute Gasteiger partial charge is 0.418 e. The van der Waals surface area contributed by atoms with Crippen LogP contribution < -0.4 is 11.1 Å². The van der Waals surface area contributed by atoms with E-state index in [0.29, 0.717) is 51.7 Å². The number of rotatable bonds is 7. The van der Waals surface area contributed by atoms with Crippen molar-refractivity contribution in [3.63, 3.8) is 0 Å². The third kappa shape index (κ3) is 7.92. The molecule has 3 saturated heterocycles. The predicted molar refractivity (Wildman–Crippen MR) is 182 cm³/mol. The number of piperidine rings is 2. The number of alkyl halides is 3. The molecule has 2 aromatic carbocycles. The number of hydrogen-bond donors (Lipinski definition) is 3. The molecule has 0 aliphatic carbocycles. The molecule has 2 aromatic rings. The number of carbonyl (C=O) groups excluding carboxylic acids is 3. The number of benzene rings is 2. The van der Waals surface area contributed by atoms with Crippen LogP contribution in [0, 0.1) is 0 Å². The van der Waals surface area contributed by atoms with Gasteiger partial charge in [-0.05, 0) is 80.8 Å². The third-order valence-electron chi connectivity index (χ3n) is 10.6. The molecule has 0 unspecified atom stereocenters. The summed E-state index contributed by atoms with van der Waals surface area (Å²) in [6.07, 6.45) is -2.29. The highest BCUT2D eigenvalue weighted by atomic mass is 35.5. The minimum atomic E-state index is -4.78. The van der Waals surface area contributed by atoms with Crippen molar-refractivity contribution in [2.24, 2.45) is 0 Å². The molecule has 2 atom stereocenters. The Kier molecular flexibility index (Phi) is 11.0. The second kappa shape index (κ2) is 15.2. The number of ether oxygens (including phenoxy) is 1. The normalized spacial score (nSPS) is 21.8. The summed E-state index contributed by atoms with van der Waals surface area (Å²) in [7, 11) is 0. The SMILES string of the molecule is Nc1c(Cl)cc(C[C@@H](OC(=O)N2CCC(N3CCc4ccccc4NC3=O)CC2)C(=O)N2CCC(N3CCC[C@@H]3CO)CC2)cc1C(F)(F)F. The van der Waals surface area contributed by atoms with E-state index in [1.807, 2.05) is 24.3 Å². The molecule has 4 amide bonds. The molecule has 0 saturated carbocycles. The quantitative estimate of drug-likeness (QED) is 0.344. The molecule has 4 N–H and O–H groups in total. The van der Waals surface area contributed by atoms with Gasteiger partial charge in [-0.15, -0.1) is 0 Å². The van der Waals surface area contributed by atoms with Gasteiger partial charge in [0.1, 0.15) is 0 Å². The number of nitrogens with one attached hydrogen (secondary N) is 1. The van der Waals surface area contributed by atoms with E-state index in [9.17, 15) is 32.7 Å². The summed E-state index contributed by atoms with van der Waals surface area (Å²) in [4.78, 5) is 47.8. The van der Waals surface area contributed by atoms with E-state index in [1.54, 1.807) is 9.80 Å². The Morgan fingerprint density at radius 1 is 0.980 bits per heavy atom. The van der Waals surface area contributed by atoms with Crippen LogP contribution in [0.5, 0.6) is 0 Å². The van der Waals surface area contributed by atoms with E-state index >= 15 is 0 Å². The van der Waals surface area contributed by atoms with E-state index in [2.05, 4.69) is 10.2 Å². The van der Waals surface area contributed by atoms with Crippen LogP contribution in [0.25, 0.3) is 0 Å². The number of nitrogens with zero attached hydrogens (tertiary/aromatic N) is 4. The van der Waals surface area contributed by atoms with E-state index in [1.165, 1.54) is 11.0 Å². The number of aliphatic hydroxyl groups is 1. The molecule has 4 aliphatic rings. The van der Waals surface area contributed by atoms with Gasteiger partial charge in [-0.1, -0.05) is 29.8 Å². The first kappa shape index (κ1) is 36.1. The van der Waals surface area contributed by atoms with Crippen molar-refractivity contribution in [1.29, 1.82) is 0 Å². The van der Waals surface area contributed by atoms with Crippen molar-refractivity contribution in [3.8, 4) is 0 Å². The van der Waals surface area contributed by atoms with Gasteiger partial charge in [0.25, 0.3) is 5.91 Å². The van der Waals surface area contributed by atoms with Gasteiger partial charge in [-0.2, -0.15) is 13.2 Å². The maximum absolute atomic E-state index is 14.0. The van der Waals surface area contributed by atoms with Crippen LogP contribution in [0.4, 0.5) is 34.1 Å². The second-order valence-corrected chi connectivity index (χ2v) is 14.0. The Hall–Kier alpha value is -3.75. The molecule has 6 rings (SSSR count). The fourth-order valence-corrected chi connectivity index (χ4v) is 8.11. The van der Waals surface area contributed by atoms with Gasteiger partial charge in [0.2, 0.25) is 0 Å². The van der Waals surface area contributed by atoms with Gasteiger partial charge in [-0.25, -0.2) is 9.59 Å². The van der Waals surface area contributed by atoms with Crippen molar-refractivity contribution in [3.05, 3.63) is 58.1 Å². The molecule has 0 bridgehead atoms. The van der Waals surface area contributed by atoms with Gasteiger partial charge in [0.15, 0.2) is 6.10 Å². The van der Waals surface area contributed by atoms with E-state index in [4.69, 9.17) is 22.1 Å². The molecule has 15 heteroatoms. The Bertz CT molecular complexity index is 1560. The van der Waals surface area contributed by atoms with Gasteiger partial charge < -0.3 is 35.6 Å². The van der Waals surface area contributed by atoms with Crippen LogP contribution in [-0.2, 0) is 28.5 Å². The zero-order valence-corrected chi connectivity index (χ0v) is 28.6. The monoisotopic (exact) mass is 720 g/mol. The molecule has 11 nitrogen and oxygen atoms in total. The van der Waals surface area contributed by atoms with Gasteiger partial charge in [-0.3, -0.25) is 9.69 Å². The first-order valence-electron chi connectivity index (χ1n) is 17.3. The van der Waals surface area contributed by atoms with Crippen LogP contribution in [0.3, 0.4) is 0 Å². The molecule has 272 valence electrons. The molecule has 0 radical (unpaired) electrons. The van der Waals surface area contributed by atoms with Gasteiger partial charge in [0.05, 0.1) is 22.9 Å². The minimum Gasteiger partial charge on any atom is -0.436 e. The summed E-state index contributed by atoms with van der Waals surface area (Å²) < 4.78 is 47.2. The first-order valence-corrected chi connectivity index (χ1v) is 17.7. The highest BCUT2D eigenvalue weighted by Gasteiger charge is 2.39. The number of urea groups is 1. The Labute approximate surface area is 294 Å². The van der Waals surface area contributed by atoms with Crippen LogP contribution >= 0.6 is 11.6 Å². The number of aliphatic hydroxyl groups excluding tert-OH is 1. The highest BCUT2D eigenvalue weighted by molar-refractivity contribution is 6.33. The summed E-state index contributed by atoms with van der Waals surface area (Å²) in [6.45, 7) is 2.83. The topological polar surface area (TPSA) is 132 Å². The lowest BCUT2D eigenvalue weighted by Crippen LogP contribution is -2.53. The molecular weight excluding hydrogens is 677 g/mol. The van der Waals surface area contributed by atoms with Crippen molar-refractivity contribution in [1.82, 2.24) is 19.6 Å². The van der Waals surface area contributed by atoms with Crippen molar-refractivity contribution >= 4 is 41.0 Å². The average Bonchev–Trinajstić information content (AvgIpc) is 3.52. The van der Waals surface area contributed by atoms with Gasteiger partial charge >= 0.3 is 18.3 Å². The summed E-state index contributed by atoms with van der Waals surface area (Å²) in [5.41, 5.74) is 5.82. The summed E-state index contributed by atoms with van der Waals surface area (Å²) in [5.74, 6) is -0.492. The van der Waals surface area contributed by atoms with Gasteiger partial charge in [0, 0.05) is 63.0 Å². The number of halogens is 4. The van der Waals surface area contributed by atoms with Crippen LogP contribution in [0.1, 0.15) is 55.2 Å². The lowest BCUT2D eigenvalue weighted by Gasteiger charge is -2.40. The number of anilines is 2. The highest BCUT2D eigenvalue weighted by Crippen LogP contribution is 2.38. The molecule has 4 heterocycles. The van der Waals surface area contributed by atoms with Crippen molar-refractivity contribution in [2.45, 2.75) is 81.8 Å².